The highest BCUT2D eigenvalue weighted by atomic mass is 15.2. The molecule has 1 rings (SSSR count). The number of rotatable bonds is 7. The fraction of sp³-hybridized carbons (Fsp3) is 0.667. The largest absolute Gasteiger partial charge is 0.357 e. The quantitative estimate of drug-likeness (QED) is 0.805. The zero-order chi connectivity index (χ0) is 13.5. The third-order valence-electron chi connectivity index (χ3n) is 3.52. The highest BCUT2D eigenvalue weighted by Gasteiger charge is 2.13. The molecular weight excluding hydrogens is 222 g/mol. The van der Waals surface area contributed by atoms with Gasteiger partial charge in [0, 0.05) is 25.3 Å². The Kier molecular flexibility index (Phi) is 6.13. The summed E-state index contributed by atoms with van der Waals surface area (Å²) in [6.07, 6.45) is 3.31. The summed E-state index contributed by atoms with van der Waals surface area (Å²) in [6, 6.07) is 4.97. The number of aryl methyl sites for hydroxylation is 1. The topological polar surface area (TPSA) is 28.2 Å². The van der Waals surface area contributed by atoms with Crippen molar-refractivity contribution in [2.75, 3.05) is 19.0 Å². The highest BCUT2D eigenvalue weighted by Crippen LogP contribution is 2.19. The molecule has 1 N–H and O–H groups in total. The number of nitrogens with one attached hydrogen (secondary N) is 1. The molecule has 0 aliphatic carbocycles. The number of aromatic nitrogens is 1. The van der Waals surface area contributed by atoms with E-state index in [1.165, 1.54) is 11.3 Å². The van der Waals surface area contributed by atoms with Crippen molar-refractivity contribution in [1.82, 2.24) is 10.3 Å². The molecule has 0 bridgehead atoms. The Balaban J connectivity index is 3.02. The molecule has 0 spiro atoms. The summed E-state index contributed by atoms with van der Waals surface area (Å²) in [4.78, 5) is 7.07. The van der Waals surface area contributed by atoms with Crippen LogP contribution in [0.3, 0.4) is 0 Å². The van der Waals surface area contributed by atoms with Crippen LogP contribution in [0.15, 0.2) is 12.1 Å². The third-order valence-corrected chi connectivity index (χ3v) is 3.52. The number of hydrogen-bond donors (Lipinski definition) is 1. The van der Waals surface area contributed by atoms with E-state index in [1.54, 1.807) is 0 Å². The fourth-order valence-electron chi connectivity index (χ4n) is 2.32. The summed E-state index contributed by atoms with van der Waals surface area (Å²) in [5.41, 5.74) is 2.49. The number of anilines is 1. The second-order valence-corrected chi connectivity index (χ2v) is 4.79. The van der Waals surface area contributed by atoms with Gasteiger partial charge in [0.05, 0.1) is 0 Å². The van der Waals surface area contributed by atoms with Gasteiger partial charge >= 0.3 is 0 Å². The van der Waals surface area contributed by atoms with Gasteiger partial charge in [0.25, 0.3) is 0 Å². The van der Waals surface area contributed by atoms with Gasteiger partial charge in [-0.05, 0) is 44.0 Å². The summed E-state index contributed by atoms with van der Waals surface area (Å²) < 4.78 is 0. The lowest BCUT2D eigenvalue weighted by Crippen LogP contribution is -2.31. The van der Waals surface area contributed by atoms with E-state index in [9.17, 15) is 0 Å². The van der Waals surface area contributed by atoms with E-state index in [4.69, 9.17) is 4.98 Å². The third kappa shape index (κ3) is 3.70. The van der Waals surface area contributed by atoms with Gasteiger partial charge in [0.2, 0.25) is 0 Å². The lowest BCUT2D eigenvalue weighted by molar-refractivity contribution is 0.585. The zero-order valence-electron chi connectivity index (χ0n) is 12.5. The maximum absolute atomic E-state index is 4.75. The van der Waals surface area contributed by atoms with Gasteiger partial charge in [-0.2, -0.15) is 0 Å². The van der Waals surface area contributed by atoms with Crippen molar-refractivity contribution < 1.29 is 0 Å². The molecule has 0 atom stereocenters. The molecule has 102 valence electrons. The first kappa shape index (κ1) is 15.0. The normalized spacial score (nSPS) is 11.0. The summed E-state index contributed by atoms with van der Waals surface area (Å²) in [6.45, 7) is 7.54. The van der Waals surface area contributed by atoms with Crippen LogP contribution in [0.1, 0.15) is 44.9 Å². The average molecular weight is 249 g/mol. The molecule has 1 heterocycles. The van der Waals surface area contributed by atoms with E-state index in [0.29, 0.717) is 6.04 Å². The molecule has 0 fully saturated rings. The number of hydrogen-bond acceptors (Lipinski definition) is 3. The summed E-state index contributed by atoms with van der Waals surface area (Å²) in [5.74, 6) is 1.10. The van der Waals surface area contributed by atoms with E-state index in [0.717, 1.165) is 31.6 Å². The first-order chi connectivity index (χ1) is 8.65. The molecule has 0 saturated carbocycles. The van der Waals surface area contributed by atoms with Gasteiger partial charge in [0.15, 0.2) is 0 Å². The van der Waals surface area contributed by atoms with Crippen molar-refractivity contribution in [3.05, 3.63) is 23.4 Å². The van der Waals surface area contributed by atoms with Gasteiger partial charge in [-0.25, -0.2) is 4.98 Å². The molecule has 1 aromatic rings. The van der Waals surface area contributed by atoms with Gasteiger partial charge in [0.1, 0.15) is 5.82 Å². The first-order valence-corrected chi connectivity index (χ1v) is 7.03. The molecule has 3 nitrogen and oxygen atoms in total. The zero-order valence-corrected chi connectivity index (χ0v) is 12.5. The summed E-state index contributed by atoms with van der Waals surface area (Å²) in [5, 5.41) is 3.21. The van der Waals surface area contributed by atoms with Crippen LogP contribution in [0.4, 0.5) is 5.82 Å². The molecule has 1 aromatic heterocycles. The molecule has 0 saturated heterocycles. The number of pyridine rings is 1. The fourth-order valence-corrected chi connectivity index (χ4v) is 2.32. The first-order valence-electron chi connectivity index (χ1n) is 7.03. The van der Waals surface area contributed by atoms with Crippen LogP contribution in [0, 0.1) is 0 Å². The minimum atomic E-state index is 0.576. The minimum absolute atomic E-state index is 0.576. The monoisotopic (exact) mass is 249 g/mol. The minimum Gasteiger partial charge on any atom is -0.357 e. The Morgan fingerprint density at radius 2 is 1.89 bits per heavy atom. The van der Waals surface area contributed by atoms with Crippen molar-refractivity contribution in [3.63, 3.8) is 0 Å². The van der Waals surface area contributed by atoms with Gasteiger partial charge in [-0.15, -0.1) is 0 Å². The van der Waals surface area contributed by atoms with Crippen molar-refractivity contribution in [2.24, 2.45) is 0 Å². The SMILES string of the molecule is CCc1cc(CNC)cc(N(C)C(CC)CC)n1. The molecule has 0 unspecified atom stereocenters. The number of nitrogens with zero attached hydrogens (tertiary/aromatic N) is 2. The molecule has 0 aliphatic rings. The van der Waals surface area contributed by atoms with Crippen molar-refractivity contribution in [2.45, 2.75) is 52.6 Å². The maximum atomic E-state index is 4.75. The van der Waals surface area contributed by atoms with Crippen LogP contribution in [-0.4, -0.2) is 25.1 Å². The van der Waals surface area contributed by atoms with Gasteiger partial charge in [-0.3, -0.25) is 0 Å². The maximum Gasteiger partial charge on any atom is 0.129 e. The lowest BCUT2D eigenvalue weighted by atomic mass is 10.1. The molecule has 0 amide bonds. The summed E-state index contributed by atoms with van der Waals surface area (Å²) >= 11 is 0. The van der Waals surface area contributed by atoms with E-state index < -0.39 is 0 Å². The Bertz CT molecular complexity index is 359. The Hall–Kier alpha value is -1.09. The highest BCUT2D eigenvalue weighted by molar-refractivity contribution is 5.43. The van der Waals surface area contributed by atoms with Crippen LogP contribution in [0.25, 0.3) is 0 Å². The second-order valence-electron chi connectivity index (χ2n) is 4.79. The lowest BCUT2D eigenvalue weighted by Gasteiger charge is -2.28. The Labute approximate surface area is 112 Å². The average Bonchev–Trinajstić information content (AvgIpc) is 2.40. The Morgan fingerprint density at radius 1 is 1.22 bits per heavy atom. The van der Waals surface area contributed by atoms with Crippen molar-refractivity contribution >= 4 is 5.82 Å². The van der Waals surface area contributed by atoms with Crippen LogP contribution >= 0.6 is 0 Å². The Morgan fingerprint density at radius 3 is 2.39 bits per heavy atom. The van der Waals surface area contributed by atoms with Crippen molar-refractivity contribution in [3.8, 4) is 0 Å². The smallest absolute Gasteiger partial charge is 0.129 e. The second kappa shape index (κ2) is 7.37. The summed E-state index contributed by atoms with van der Waals surface area (Å²) in [7, 11) is 4.14. The van der Waals surface area contributed by atoms with Crippen molar-refractivity contribution in [1.29, 1.82) is 0 Å². The standard InChI is InChI=1S/C15H27N3/c1-6-13-9-12(11-16-4)10-15(17-13)18(5)14(7-2)8-3/h9-10,14,16H,6-8,11H2,1-5H3. The van der Waals surface area contributed by atoms with Crippen LogP contribution in [-0.2, 0) is 13.0 Å². The van der Waals surface area contributed by atoms with Crippen LogP contribution in [0.2, 0.25) is 0 Å². The molecule has 3 heteroatoms. The molecule has 0 aliphatic heterocycles. The van der Waals surface area contributed by atoms with E-state index in [1.807, 2.05) is 7.05 Å². The van der Waals surface area contributed by atoms with Crippen LogP contribution < -0.4 is 10.2 Å². The van der Waals surface area contributed by atoms with E-state index in [2.05, 4.69) is 50.2 Å². The van der Waals surface area contributed by atoms with Crippen LogP contribution in [0.5, 0.6) is 0 Å². The predicted octanol–water partition coefficient (Wildman–Crippen LogP) is 2.99. The van der Waals surface area contributed by atoms with Gasteiger partial charge < -0.3 is 10.2 Å². The molecule has 0 radical (unpaired) electrons. The molecule has 18 heavy (non-hydrogen) atoms. The predicted molar refractivity (Wildman–Crippen MR) is 79.2 cm³/mol. The van der Waals surface area contributed by atoms with Gasteiger partial charge in [-0.1, -0.05) is 20.8 Å². The molecular formula is C15H27N3. The van der Waals surface area contributed by atoms with E-state index in [-0.39, 0.29) is 0 Å². The molecule has 0 aromatic carbocycles. The van der Waals surface area contributed by atoms with E-state index >= 15 is 0 Å².